The molecule has 0 aliphatic carbocycles. The van der Waals surface area contributed by atoms with Gasteiger partial charge in [-0.1, -0.05) is 12.1 Å². The van der Waals surface area contributed by atoms with E-state index < -0.39 is 11.0 Å². The molecule has 1 aliphatic rings. The van der Waals surface area contributed by atoms with Crippen molar-refractivity contribution in [1.82, 2.24) is 0 Å². The molecule has 2 aromatic carbocycles. The Labute approximate surface area is 131 Å². The highest BCUT2D eigenvalue weighted by molar-refractivity contribution is 7.86. The summed E-state index contributed by atoms with van der Waals surface area (Å²) in [5.41, 5.74) is 2.66. The zero-order valence-corrected chi connectivity index (χ0v) is 13.1. The third kappa shape index (κ3) is 2.96. The van der Waals surface area contributed by atoms with Crippen molar-refractivity contribution in [3.8, 4) is 5.75 Å². The van der Waals surface area contributed by atoms with Crippen LogP contribution in [-0.2, 0) is 15.8 Å². The normalized spacial score (nSPS) is 15.0. The molecule has 22 heavy (non-hydrogen) atoms. The molecule has 0 saturated carbocycles. The summed E-state index contributed by atoms with van der Waals surface area (Å²) in [5, 5.41) is 0. The molecule has 0 amide bonds. The first-order chi connectivity index (χ1) is 10.5. The number of carbonyl (C=O) groups is 1. The molecule has 0 fully saturated rings. The predicted molar refractivity (Wildman–Crippen MR) is 86.6 cm³/mol. The molecule has 0 radical (unpaired) electrons. The van der Waals surface area contributed by atoms with Crippen molar-refractivity contribution in [2.24, 2.45) is 0 Å². The summed E-state index contributed by atoms with van der Waals surface area (Å²) < 4.78 is 20.6. The summed E-state index contributed by atoms with van der Waals surface area (Å²) in [6.07, 6.45) is 0. The van der Waals surface area contributed by atoms with E-state index in [0.717, 1.165) is 16.9 Å². The third-order valence-corrected chi connectivity index (χ3v) is 4.48. The van der Waals surface area contributed by atoms with E-state index in [-0.39, 0.29) is 12.5 Å². The molecule has 6 heteroatoms. The minimum atomic E-state index is -1.38. The lowest BCUT2D eigenvalue weighted by Crippen LogP contribution is -2.33. The van der Waals surface area contributed by atoms with Crippen LogP contribution in [0.5, 0.6) is 5.75 Å². The molecule has 114 valence electrons. The second kappa shape index (κ2) is 5.81. The van der Waals surface area contributed by atoms with Gasteiger partial charge in [-0.2, -0.15) is 0 Å². The first-order valence-electron chi connectivity index (χ1n) is 6.84. The van der Waals surface area contributed by atoms with Gasteiger partial charge in [-0.05, 0) is 42.8 Å². The van der Waals surface area contributed by atoms with E-state index >= 15 is 0 Å². The molecule has 1 atom stereocenters. The summed E-state index contributed by atoms with van der Waals surface area (Å²) in [6, 6.07) is 12.9. The number of aryl methyl sites for hydroxylation is 1. The van der Waals surface area contributed by atoms with Crippen LogP contribution in [0.25, 0.3) is 0 Å². The average molecular weight is 316 g/mol. The van der Waals surface area contributed by atoms with Crippen LogP contribution in [0.2, 0.25) is 0 Å². The minimum Gasteiger partial charge on any atom is -0.423 e. The Bertz CT molecular complexity index is 761. The predicted octanol–water partition coefficient (Wildman–Crippen LogP) is 2.48. The van der Waals surface area contributed by atoms with Gasteiger partial charge in [0.15, 0.2) is 5.75 Å². The maximum absolute atomic E-state index is 12.5. The Morgan fingerprint density at radius 3 is 2.82 bits per heavy atom. The molecule has 1 N–H and O–H groups in total. The van der Waals surface area contributed by atoms with Gasteiger partial charge in [-0.3, -0.25) is 0 Å². The number of fused-ring (bicyclic) bond motifs is 1. The topological polar surface area (TPSA) is 58.6 Å². The van der Waals surface area contributed by atoms with Crippen molar-refractivity contribution < 1.29 is 13.7 Å². The van der Waals surface area contributed by atoms with Crippen molar-refractivity contribution in [3.05, 3.63) is 48.0 Å². The van der Waals surface area contributed by atoms with Crippen molar-refractivity contribution >= 4 is 28.3 Å². The number of likely N-dealkylation sites (N-methyl/N-ethyl adjacent to an activating group) is 1. The van der Waals surface area contributed by atoms with E-state index in [0.29, 0.717) is 10.6 Å². The number of hydrogen-bond donors (Lipinski definition) is 1. The zero-order valence-electron chi connectivity index (χ0n) is 12.3. The van der Waals surface area contributed by atoms with Gasteiger partial charge in [-0.25, -0.2) is 9.00 Å². The van der Waals surface area contributed by atoms with Gasteiger partial charge < -0.3 is 14.4 Å². The highest BCUT2D eigenvalue weighted by Gasteiger charge is 2.22. The maximum Gasteiger partial charge on any atom is 0.330 e. The second-order valence-electron chi connectivity index (χ2n) is 5.20. The molecule has 0 spiro atoms. The summed E-state index contributed by atoms with van der Waals surface area (Å²) in [5.74, 6) is 0.205. The Kier molecular flexibility index (Phi) is 3.85. The van der Waals surface area contributed by atoms with E-state index in [4.69, 9.17) is 4.74 Å². The Morgan fingerprint density at radius 1 is 1.23 bits per heavy atom. The van der Waals surface area contributed by atoms with E-state index in [1.165, 1.54) is 0 Å². The molecule has 3 rings (SSSR count). The number of hydrogen-bond acceptors (Lipinski definition) is 4. The van der Waals surface area contributed by atoms with Crippen molar-refractivity contribution in [3.63, 3.8) is 0 Å². The first kappa shape index (κ1) is 14.6. The number of ether oxygens (including phenoxy) is 1. The highest BCUT2D eigenvalue weighted by atomic mass is 32.2. The van der Waals surface area contributed by atoms with Crippen LogP contribution in [0.4, 0.5) is 11.4 Å². The fourth-order valence-electron chi connectivity index (χ4n) is 2.31. The van der Waals surface area contributed by atoms with Crippen LogP contribution in [-0.4, -0.2) is 23.8 Å². The van der Waals surface area contributed by atoms with Gasteiger partial charge in [0.2, 0.25) is 0 Å². The lowest BCUT2D eigenvalue weighted by atomic mass is 10.2. The molecule has 1 unspecified atom stereocenters. The molecular weight excluding hydrogens is 300 g/mol. The van der Waals surface area contributed by atoms with Gasteiger partial charge in [0.25, 0.3) is 0 Å². The minimum absolute atomic E-state index is 0.189. The quantitative estimate of drug-likeness (QED) is 0.698. The van der Waals surface area contributed by atoms with Crippen LogP contribution in [0.3, 0.4) is 0 Å². The van der Waals surface area contributed by atoms with Crippen molar-refractivity contribution in [2.45, 2.75) is 11.8 Å². The molecule has 0 aromatic heterocycles. The monoisotopic (exact) mass is 316 g/mol. The third-order valence-electron chi connectivity index (χ3n) is 3.37. The van der Waals surface area contributed by atoms with E-state index in [1.807, 2.05) is 31.2 Å². The van der Waals surface area contributed by atoms with E-state index in [1.54, 1.807) is 30.1 Å². The molecule has 5 nitrogen and oxygen atoms in total. The van der Waals surface area contributed by atoms with Crippen molar-refractivity contribution in [2.75, 3.05) is 23.2 Å². The fourth-order valence-corrected chi connectivity index (χ4v) is 3.17. The van der Waals surface area contributed by atoms with Crippen molar-refractivity contribution in [1.29, 1.82) is 0 Å². The number of rotatable bonds is 3. The van der Waals surface area contributed by atoms with Crippen LogP contribution in [0.15, 0.2) is 47.4 Å². The van der Waals surface area contributed by atoms with E-state index in [9.17, 15) is 9.00 Å². The molecule has 0 saturated heterocycles. The first-order valence-corrected chi connectivity index (χ1v) is 7.99. The number of esters is 1. The Morgan fingerprint density at radius 2 is 2.05 bits per heavy atom. The van der Waals surface area contributed by atoms with Gasteiger partial charge >= 0.3 is 5.97 Å². The lowest BCUT2D eigenvalue weighted by Gasteiger charge is -2.26. The average Bonchev–Trinajstić information content (AvgIpc) is 2.46. The number of nitrogens with one attached hydrogen (secondary N) is 1. The zero-order chi connectivity index (χ0) is 15.7. The number of benzene rings is 2. The maximum atomic E-state index is 12.5. The Balaban J connectivity index is 1.85. The standard InChI is InChI=1S/C16H16N2O3S/c1-11-4-3-5-12(8-11)17-22(20)13-6-7-15-14(9-13)18(2)10-16(19)21-15/h3-9,17H,10H2,1-2H3. The number of carbonyl (C=O) groups excluding carboxylic acids is 1. The fraction of sp³-hybridized carbons (Fsp3) is 0.188. The van der Waals surface area contributed by atoms with Gasteiger partial charge in [-0.15, -0.1) is 0 Å². The van der Waals surface area contributed by atoms with Crippen LogP contribution >= 0.6 is 0 Å². The molecule has 2 aromatic rings. The number of nitrogens with zero attached hydrogens (tertiary/aromatic N) is 1. The molecule has 0 bridgehead atoms. The smallest absolute Gasteiger partial charge is 0.330 e. The van der Waals surface area contributed by atoms with Gasteiger partial charge in [0, 0.05) is 12.7 Å². The number of anilines is 2. The highest BCUT2D eigenvalue weighted by Crippen LogP contribution is 2.32. The summed E-state index contributed by atoms with van der Waals surface area (Å²) in [4.78, 5) is 13.8. The summed E-state index contributed by atoms with van der Waals surface area (Å²) in [7, 11) is 0.424. The summed E-state index contributed by atoms with van der Waals surface area (Å²) >= 11 is 0. The summed E-state index contributed by atoms with van der Waals surface area (Å²) in [6.45, 7) is 2.17. The molecule has 1 heterocycles. The SMILES string of the molecule is Cc1cccc(NS(=O)c2ccc3c(c2)N(C)CC(=O)O3)c1. The van der Waals surface area contributed by atoms with Crippen LogP contribution in [0.1, 0.15) is 5.56 Å². The largest absolute Gasteiger partial charge is 0.423 e. The van der Waals surface area contributed by atoms with E-state index in [2.05, 4.69) is 4.72 Å². The Hall–Kier alpha value is -2.34. The van der Waals surface area contributed by atoms with Crippen LogP contribution < -0.4 is 14.4 Å². The molecule has 1 aliphatic heterocycles. The second-order valence-corrected chi connectivity index (χ2v) is 6.41. The van der Waals surface area contributed by atoms with Gasteiger partial charge in [0.1, 0.15) is 17.5 Å². The van der Waals surface area contributed by atoms with Gasteiger partial charge in [0.05, 0.1) is 10.6 Å². The van der Waals surface area contributed by atoms with Crippen LogP contribution in [0, 0.1) is 6.92 Å². The lowest BCUT2D eigenvalue weighted by molar-refractivity contribution is -0.133. The molecular formula is C16H16N2O3S.